The van der Waals surface area contributed by atoms with Gasteiger partial charge < -0.3 is 14.8 Å². The molecule has 0 saturated heterocycles. The zero-order chi connectivity index (χ0) is 19.7. The van der Waals surface area contributed by atoms with Crippen LogP contribution in [0.4, 0.5) is 0 Å². The molecule has 0 atom stereocenters. The first-order valence-corrected chi connectivity index (χ1v) is 11.0. The van der Waals surface area contributed by atoms with Crippen molar-refractivity contribution in [2.45, 2.75) is 49.5 Å². The van der Waals surface area contributed by atoms with Gasteiger partial charge in [-0.3, -0.25) is 4.79 Å². The van der Waals surface area contributed by atoms with E-state index >= 15 is 0 Å². The fourth-order valence-corrected chi connectivity index (χ4v) is 4.30. The van der Waals surface area contributed by atoms with Crippen LogP contribution < -0.4 is 14.8 Å². The van der Waals surface area contributed by atoms with Crippen molar-refractivity contribution in [3.8, 4) is 5.75 Å². The topological polar surface area (TPSA) is 93.7 Å². The van der Waals surface area contributed by atoms with E-state index in [1.165, 1.54) is 38.2 Å². The first kappa shape index (κ1) is 21.9. The van der Waals surface area contributed by atoms with E-state index in [-0.39, 0.29) is 47.4 Å². The number of hydrogen-bond donors (Lipinski definition) is 2. The maximum absolute atomic E-state index is 12.2. The van der Waals surface area contributed by atoms with E-state index in [1.54, 1.807) is 0 Å². The van der Waals surface area contributed by atoms with Crippen LogP contribution in [0.15, 0.2) is 23.1 Å². The summed E-state index contributed by atoms with van der Waals surface area (Å²) in [6.45, 7) is 0.273. The smallest absolute Gasteiger partial charge is 0.258 e. The van der Waals surface area contributed by atoms with Crippen LogP contribution in [-0.2, 0) is 19.6 Å². The quantitative estimate of drug-likeness (QED) is 0.474. The predicted octanol–water partition coefficient (Wildman–Crippen LogP) is 2.48. The Balaban J connectivity index is 1.88. The summed E-state index contributed by atoms with van der Waals surface area (Å²) in [4.78, 5) is 12.1. The minimum atomic E-state index is -3.67. The van der Waals surface area contributed by atoms with Crippen LogP contribution in [0, 0.1) is 0 Å². The lowest BCUT2D eigenvalue weighted by Crippen LogP contribution is -2.37. The summed E-state index contributed by atoms with van der Waals surface area (Å²) in [5.41, 5.74) is 0. The highest BCUT2D eigenvalue weighted by atomic mass is 35.5. The molecule has 2 rings (SSSR count). The van der Waals surface area contributed by atoms with Crippen LogP contribution >= 0.6 is 11.6 Å². The number of amides is 1. The molecule has 0 aliphatic heterocycles. The van der Waals surface area contributed by atoms with Crippen molar-refractivity contribution in [3.63, 3.8) is 0 Å². The first-order valence-electron chi connectivity index (χ1n) is 9.12. The van der Waals surface area contributed by atoms with Gasteiger partial charge in [-0.25, -0.2) is 13.1 Å². The van der Waals surface area contributed by atoms with Crippen molar-refractivity contribution in [2.24, 2.45) is 0 Å². The van der Waals surface area contributed by atoms with Gasteiger partial charge in [-0.15, -0.1) is 0 Å². The Morgan fingerprint density at radius 2 is 1.93 bits per heavy atom. The van der Waals surface area contributed by atoms with Gasteiger partial charge >= 0.3 is 0 Å². The standard InChI is InChI=1S/C18H27ClN2O5S/c1-25-11-10-20-27(23,24)15-8-9-17(16(19)12-15)26-13-18(22)21-14-6-4-2-3-5-7-14/h8-9,12,14,20H,2-7,10-11,13H2,1H3,(H,21,22). The van der Waals surface area contributed by atoms with Gasteiger partial charge in [-0.05, 0) is 31.0 Å². The molecule has 1 fully saturated rings. The van der Waals surface area contributed by atoms with E-state index in [4.69, 9.17) is 21.1 Å². The largest absolute Gasteiger partial charge is 0.482 e. The number of ether oxygens (including phenoxy) is 2. The SMILES string of the molecule is COCCNS(=O)(=O)c1ccc(OCC(=O)NC2CCCCCC2)c(Cl)c1. The van der Waals surface area contributed by atoms with Gasteiger partial charge in [0, 0.05) is 19.7 Å². The third-order valence-corrected chi connectivity index (χ3v) is 6.15. The fraction of sp³-hybridized carbons (Fsp3) is 0.611. The minimum Gasteiger partial charge on any atom is -0.482 e. The van der Waals surface area contributed by atoms with Crippen LogP contribution in [0.2, 0.25) is 5.02 Å². The number of carbonyl (C=O) groups is 1. The maximum atomic E-state index is 12.2. The van der Waals surface area contributed by atoms with Gasteiger partial charge in [0.25, 0.3) is 5.91 Å². The molecule has 2 N–H and O–H groups in total. The molecule has 1 amide bonds. The number of methoxy groups -OCH3 is 1. The monoisotopic (exact) mass is 418 g/mol. The zero-order valence-electron chi connectivity index (χ0n) is 15.5. The Labute approximate surface area is 165 Å². The third-order valence-electron chi connectivity index (χ3n) is 4.39. The summed E-state index contributed by atoms with van der Waals surface area (Å²) in [6, 6.07) is 4.34. The number of halogens is 1. The fourth-order valence-electron chi connectivity index (χ4n) is 2.96. The number of sulfonamides is 1. The minimum absolute atomic E-state index is 0.0267. The first-order chi connectivity index (χ1) is 12.9. The third kappa shape index (κ3) is 7.29. The molecule has 0 aromatic heterocycles. The second kappa shape index (κ2) is 10.8. The van der Waals surface area contributed by atoms with Gasteiger partial charge in [-0.1, -0.05) is 37.3 Å². The van der Waals surface area contributed by atoms with Gasteiger partial charge in [0.2, 0.25) is 10.0 Å². The Morgan fingerprint density at radius 1 is 1.22 bits per heavy atom. The molecule has 0 heterocycles. The van der Waals surface area contributed by atoms with Crippen LogP contribution in [0.3, 0.4) is 0 Å². The van der Waals surface area contributed by atoms with Gasteiger partial charge in [0.15, 0.2) is 6.61 Å². The molecule has 1 aromatic rings. The summed E-state index contributed by atoms with van der Waals surface area (Å²) < 4.78 is 37.0. The van der Waals surface area contributed by atoms with Crippen LogP contribution in [-0.4, -0.2) is 47.2 Å². The van der Waals surface area contributed by atoms with Crippen molar-refractivity contribution < 1.29 is 22.7 Å². The molecule has 9 heteroatoms. The Morgan fingerprint density at radius 3 is 2.56 bits per heavy atom. The summed E-state index contributed by atoms with van der Waals surface area (Å²) in [6.07, 6.45) is 6.68. The van der Waals surface area contributed by atoms with E-state index in [2.05, 4.69) is 10.0 Å². The normalized spacial score (nSPS) is 15.9. The van der Waals surface area contributed by atoms with Crippen molar-refractivity contribution in [3.05, 3.63) is 23.2 Å². The number of rotatable bonds is 9. The van der Waals surface area contributed by atoms with Crippen LogP contribution in [0.5, 0.6) is 5.75 Å². The number of carbonyl (C=O) groups excluding carboxylic acids is 1. The summed E-state index contributed by atoms with van der Waals surface area (Å²) in [5.74, 6) is 0.0689. The molecule has 1 aromatic carbocycles. The molecule has 152 valence electrons. The molecule has 7 nitrogen and oxygen atoms in total. The van der Waals surface area contributed by atoms with Gasteiger partial charge in [-0.2, -0.15) is 0 Å². The van der Waals surface area contributed by atoms with Crippen LogP contribution in [0.1, 0.15) is 38.5 Å². The van der Waals surface area contributed by atoms with E-state index in [9.17, 15) is 13.2 Å². The summed E-state index contributed by atoms with van der Waals surface area (Å²) in [5, 5.41) is 3.12. The second-order valence-electron chi connectivity index (χ2n) is 6.53. The number of hydrogen-bond acceptors (Lipinski definition) is 5. The average Bonchev–Trinajstić information content (AvgIpc) is 2.89. The van der Waals surface area contributed by atoms with Gasteiger partial charge in [0.1, 0.15) is 5.75 Å². The highest BCUT2D eigenvalue weighted by Crippen LogP contribution is 2.27. The van der Waals surface area contributed by atoms with E-state index in [0.29, 0.717) is 0 Å². The molecule has 0 unspecified atom stereocenters. The lowest BCUT2D eigenvalue weighted by molar-refractivity contribution is -0.123. The summed E-state index contributed by atoms with van der Waals surface area (Å²) in [7, 11) is -2.19. The lowest BCUT2D eigenvalue weighted by atomic mass is 10.1. The molecule has 1 aliphatic carbocycles. The van der Waals surface area contributed by atoms with Crippen molar-refractivity contribution in [2.75, 3.05) is 26.9 Å². The molecular formula is C18H27ClN2O5S. The second-order valence-corrected chi connectivity index (χ2v) is 8.70. The molecular weight excluding hydrogens is 392 g/mol. The molecule has 1 aliphatic rings. The van der Waals surface area contributed by atoms with Crippen LogP contribution in [0.25, 0.3) is 0 Å². The zero-order valence-corrected chi connectivity index (χ0v) is 17.1. The Kier molecular flexibility index (Phi) is 8.82. The molecule has 27 heavy (non-hydrogen) atoms. The number of benzene rings is 1. The highest BCUT2D eigenvalue weighted by Gasteiger charge is 2.17. The Bertz CT molecular complexity index is 718. The summed E-state index contributed by atoms with van der Waals surface area (Å²) >= 11 is 6.12. The maximum Gasteiger partial charge on any atom is 0.258 e. The average molecular weight is 419 g/mol. The highest BCUT2D eigenvalue weighted by molar-refractivity contribution is 7.89. The van der Waals surface area contributed by atoms with E-state index in [0.717, 1.165) is 25.7 Å². The molecule has 0 spiro atoms. The predicted molar refractivity (Wildman–Crippen MR) is 104 cm³/mol. The number of nitrogens with one attached hydrogen (secondary N) is 2. The van der Waals surface area contributed by atoms with Crippen molar-refractivity contribution >= 4 is 27.5 Å². The van der Waals surface area contributed by atoms with Crippen molar-refractivity contribution in [1.29, 1.82) is 0 Å². The van der Waals surface area contributed by atoms with E-state index in [1.807, 2.05) is 0 Å². The molecule has 1 saturated carbocycles. The van der Waals surface area contributed by atoms with Gasteiger partial charge in [0.05, 0.1) is 16.5 Å². The molecule has 0 bridgehead atoms. The van der Waals surface area contributed by atoms with E-state index < -0.39 is 10.0 Å². The Hall–Kier alpha value is -1.35. The van der Waals surface area contributed by atoms with Crippen molar-refractivity contribution in [1.82, 2.24) is 10.0 Å². The lowest BCUT2D eigenvalue weighted by Gasteiger charge is -2.16. The molecule has 0 radical (unpaired) electrons.